The number of carbonyl (C=O) groups is 1. The SMILES string of the molecule is O=C(OCc1ccccc1)N1CCC(O)(c2ccco2)CC1. The van der Waals surface area contributed by atoms with Gasteiger partial charge in [0.2, 0.25) is 0 Å². The van der Waals surface area contributed by atoms with Crippen molar-refractivity contribution < 1.29 is 19.1 Å². The number of likely N-dealkylation sites (tertiary alicyclic amines) is 1. The smallest absolute Gasteiger partial charge is 0.410 e. The summed E-state index contributed by atoms with van der Waals surface area (Å²) in [6.45, 7) is 1.16. The highest BCUT2D eigenvalue weighted by Gasteiger charge is 2.38. The molecule has 3 rings (SSSR count). The Hall–Kier alpha value is -2.27. The lowest BCUT2D eigenvalue weighted by molar-refractivity contribution is -0.0406. The molecule has 1 N–H and O–H groups in total. The van der Waals surface area contributed by atoms with Gasteiger partial charge in [-0.3, -0.25) is 0 Å². The molecule has 2 heterocycles. The van der Waals surface area contributed by atoms with Gasteiger partial charge in [0, 0.05) is 25.9 Å². The van der Waals surface area contributed by atoms with E-state index in [4.69, 9.17) is 9.15 Å². The maximum atomic E-state index is 12.1. The highest BCUT2D eigenvalue weighted by atomic mass is 16.6. The third kappa shape index (κ3) is 3.14. The number of amides is 1. The van der Waals surface area contributed by atoms with Gasteiger partial charge in [0.05, 0.1) is 6.26 Å². The van der Waals surface area contributed by atoms with Crippen molar-refractivity contribution >= 4 is 6.09 Å². The summed E-state index contributed by atoms with van der Waals surface area (Å²) < 4.78 is 10.6. The number of aliphatic hydroxyl groups is 1. The molecule has 1 amide bonds. The van der Waals surface area contributed by atoms with E-state index in [-0.39, 0.29) is 12.7 Å². The number of furan rings is 1. The van der Waals surface area contributed by atoms with Gasteiger partial charge in [-0.15, -0.1) is 0 Å². The highest BCUT2D eigenvalue weighted by Crippen LogP contribution is 2.33. The fourth-order valence-corrected chi connectivity index (χ4v) is 2.66. The van der Waals surface area contributed by atoms with Gasteiger partial charge in [-0.2, -0.15) is 0 Å². The van der Waals surface area contributed by atoms with Crippen LogP contribution in [0.25, 0.3) is 0 Å². The third-order valence-corrected chi connectivity index (χ3v) is 4.03. The number of hydrogen-bond acceptors (Lipinski definition) is 4. The normalized spacial score (nSPS) is 17.2. The molecule has 0 radical (unpaired) electrons. The zero-order valence-electron chi connectivity index (χ0n) is 12.3. The number of rotatable bonds is 3. The van der Waals surface area contributed by atoms with Crippen LogP contribution in [0.3, 0.4) is 0 Å². The van der Waals surface area contributed by atoms with Gasteiger partial charge in [-0.05, 0) is 17.7 Å². The van der Waals surface area contributed by atoms with Crippen LogP contribution in [0.15, 0.2) is 53.1 Å². The summed E-state index contributed by atoms with van der Waals surface area (Å²) >= 11 is 0. The molecule has 1 saturated heterocycles. The van der Waals surface area contributed by atoms with Crippen molar-refractivity contribution in [3.05, 3.63) is 60.1 Å². The minimum absolute atomic E-state index is 0.263. The molecule has 1 aromatic heterocycles. The molecule has 1 aromatic carbocycles. The van der Waals surface area contributed by atoms with Gasteiger partial charge < -0.3 is 19.2 Å². The Kier molecular flexibility index (Phi) is 4.15. The second kappa shape index (κ2) is 6.23. The van der Waals surface area contributed by atoms with Crippen molar-refractivity contribution in [2.24, 2.45) is 0 Å². The lowest BCUT2D eigenvalue weighted by atomic mass is 9.89. The van der Waals surface area contributed by atoms with E-state index in [2.05, 4.69) is 0 Å². The van der Waals surface area contributed by atoms with E-state index in [0.717, 1.165) is 5.56 Å². The van der Waals surface area contributed by atoms with Gasteiger partial charge in [-0.1, -0.05) is 30.3 Å². The molecular weight excluding hydrogens is 282 g/mol. The number of nitrogens with zero attached hydrogens (tertiary/aromatic N) is 1. The van der Waals surface area contributed by atoms with Gasteiger partial charge in [0.1, 0.15) is 18.0 Å². The number of hydrogen-bond donors (Lipinski definition) is 1. The third-order valence-electron chi connectivity index (χ3n) is 4.03. The summed E-state index contributed by atoms with van der Waals surface area (Å²) in [6.07, 6.45) is 2.10. The van der Waals surface area contributed by atoms with E-state index in [0.29, 0.717) is 31.7 Å². The zero-order chi connectivity index (χ0) is 15.4. The van der Waals surface area contributed by atoms with Crippen LogP contribution in [0.4, 0.5) is 4.79 Å². The van der Waals surface area contributed by atoms with E-state index in [9.17, 15) is 9.90 Å². The summed E-state index contributed by atoms with van der Waals surface area (Å²) in [4.78, 5) is 13.7. The topological polar surface area (TPSA) is 62.9 Å². The number of ether oxygens (including phenoxy) is 1. The molecule has 1 fully saturated rings. The second-order valence-electron chi connectivity index (χ2n) is 5.54. The molecule has 0 bridgehead atoms. The molecule has 5 heteroatoms. The zero-order valence-corrected chi connectivity index (χ0v) is 12.3. The molecular formula is C17H19NO4. The fourth-order valence-electron chi connectivity index (χ4n) is 2.66. The minimum atomic E-state index is -0.986. The van der Waals surface area contributed by atoms with Crippen LogP contribution in [0.2, 0.25) is 0 Å². The number of carbonyl (C=O) groups excluding carboxylic acids is 1. The van der Waals surface area contributed by atoms with Gasteiger partial charge in [0.25, 0.3) is 0 Å². The first-order valence-corrected chi connectivity index (χ1v) is 7.39. The van der Waals surface area contributed by atoms with Crippen molar-refractivity contribution in [1.29, 1.82) is 0 Å². The van der Waals surface area contributed by atoms with Gasteiger partial charge in [0.15, 0.2) is 0 Å². The van der Waals surface area contributed by atoms with E-state index in [1.165, 1.54) is 0 Å². The molecule has 0 spiro atoms. The van der Waals surface area contributed by atoms with Crippen LogP contribution in [-0.2, 0) is 16.9 Å². The maximum absolute atomic E-state index is 12.1. The summed E-state index contributed by atoms with van der Waals surface area (Å²) in [7, 11) is 0. The average molecular weight is 301 g/mol. The maximum Gasteiger partial charge on any atom is 0.410 e. The Morgan fingerprint density at radius 3 is 2.55 bits per heavy atom. The molecule has 116 valence electrons. The predicted octanol–water partition coefficient (Wildman–Crippen LogP) is 2.90. The Bertz CT molecular complexity index is 601. The molecule has 5 nitrogen and oxygen atoms in total. The standard InChI is InChI=1S/C17H19NO4/c19-16(22-13-14-5-2-1-3-6-14)18-10-8-17(20,9-11-18)15-7-4-12-21-15/h1-7,12,20H,8-11,13H2. The first kappa shape index (κ1) is 14.7. The largest absolute Gasteiger partial charge is 0.466 e. The van der Waals surface area contributed by atoms with E-state index >= 15 is 0 Å². The molecule has 22 heavy (non-hydrogen) atoms. The first-order valence-electron chi connectivity index (χ1n) is 7.39. The molecule has 0 saturated carbocycles. The van der Waals surface area contributed by atoms with Crippen molar-refractivity contribution in [1.82, 2.24) is 4.90 Å². The first-order chi connectivity index (χ1) is 10.7. The highest BCUT2D eigenvalue weighted by molar-refractivity contribution is 5.67. The molecule has 0 unspecified atom stereocenters. The van der Waals surface area contributed by atoms with Gasteiger partial charge >= 0.3 is 6.09 Å². The lowest BCUT2D eigenvalue weighted by Crippen LogP contribution is -2.45. The van der Waals surface area contributed by atoms with Gasteiger partial charge in [-0.25, -0.2) is 4.79 Å². The van der Waals surface area contributed by atoms with Crippen LogP contribution in [0, 0.1) is 0 Å². The van der Waals surface area contributed by atoms with Crippen LogP contribution in [-0.4, -0.2) is 29.2 Å². The lowest BCUT2D eigenvalue weighted by Gasteiger charge is -2.36. The summed E-state index contributed by atoms with van der Waals surface area (Å²) in [5, 5.41) is 10.6. The molecule has 1 aliphatic rings. The van der Waals surface area contributed by atoms with Crippen molar-refractivity contribution in [2.75, 3.05) is 13.1 Å². The average Bonchev–Trinajstić information content (AvgIpc) is 3.10. The van der Waals surface area contributed by atoms with Crippen molar-refractivity contribution in [3.63, 3.8) is 0 Å². The summed E-state index contributed by atoms with van der Waals surface area (Å²) in [5.74, 6) is 0.560. The van der Waals surface area contributed by atoms with Crippen LogP contribution in [0.5, 0.6) is 0 Å². The second-order valence-corrected chi connectivity index (χ2v) is 5.54. The number of piperidine rings is 1. The molecule has 2 aromatic rings. The number of benzene rings is 1. The van der Waals surface area contributed by atoms with Crippen LogP contribution in [0.1, 0.15) is 24.2 Å². The van der Waals surface area contributed by atoms with E-state index in [1.54, 1.807) is 23.3 Å². The summed E-state index contributed by atoms with van der Waals surface area (Å²) in [5.41, 5.74) is -0.0281. The van der Waals surface area contributed by atoms with Crippen molar-refractivity contribution in [3.8, 4) is 0 Å². The molecule has 0 aliphatic carbocycles. The fraction of sp³-hybridized carbons (Fsp3) is 0.353. The van der Waals surface area contributed by atoms with Crippen LogP contribution < -0.4 is 0 Å². The van der Waals surface area contributed by atoms with Crippen molar-refractivity contribution in [2.45, 2.75) is 25.0 Å². The Labute approximate surface area is 129 Å². The quantitative estimate of drug-likeness (QED) is 0.947. The van der Waals surface area contributed by atoms with E-state index in [1.807, 2.05) is 30.3 Å². The van der Waals surface area contributed by atoms with E-state index < -0.39 is 5.60 Å². The monoisotopic (exact) mass is 301 g/mol. The molecule has 0 atom stereocenters. The minimum Gasteiger partial charge on any atom is -0.466 e. The Balaban J connectivity index is 1.52. The Morgan fingerprint density at radius 1 is 1.18 bits per heavy atom. The Morgan fingerprint density at radius 2 is 1.91 bits per heavy atom. The van der Waals surface area contributed by atoms with Crippen LogP contribution >= 0.6 is 0 Å². The summed E-state index contributed by atoms with van der Waals surface area (Å²) in [6, 6.07) is 13.1. The predicted molar refractivity (Wildman–Crippen MR) is 80.0 cm³/mol. The molecule has 1 aliphatic heterocycles.